The van der Waals surface area contributed by atoms with Crippen LogP contribution >= 0.6 is 0 Å². The smallest absolute Gasteiger partial charge is 0.256 e. The highest BCUT2D eigenvalue weighted by atomic mass is 19.1. The van der Waals surface area contributed by atoms with Crippen molar-refractivity contribution < 1.29 is 14.3 Å². The quantitative estimate of drug-likeness (QED) is 0.793. The van der Waals surface area contributed by atoms with Gasteiger partial charge in [0, 0.05) is 12.6 Å². The molecule has 2 rings (SSSR count). The van der Waals surface area contributed by atoms with E-state index < -0.39 is 17.3 Å². The van der Waals surface area contributed by atoms with Gasteiger partial charge in [0.15, 0.2) is 5.60 Å². The third-order valence-corrected chi connectivity index (χ3v) is 3.81. The van der Waals surface area contributed by atoms with Crippen molar-refractivity contribution in [1.29, 1.82) is 0 Å². The van der Waals surface area contributed by atoms with E-state index in [2.05, 4.69) is 5.32 Å². The average Bonchev–Trinajstić information content (AvgIpc) is 2.53. The molecule has 0 saturated carbocycles. The number of benzene rings is 2. The van der Waals surface area contributed by atoms with Crippen LogP contribution in [0.5, 0.6) is 0 Å². The Hall–Kier alpha value is -2.24. The fourth-order valence-corrected chi connectivity index (χ4v) is 2.20. The summed E-state index contributed by atoms with van der Waals surface area (Å²) in [4.78, 5) is 12.2. The first-order valence-corrected chi connectivity index (χ1v) is 7.42. The summed E-state index contributed by atoms with van der Waals surface area (Å²) >= 11 is 0. The predicted molar refractivity (Wildman–Crippen MR) is 86.9 cm³/mol. The molecule has 0 radical (unpaired) electrons. The number of aliphatic hydroxyl groups is 1. The SMILES string of the molecule is CC(N)c1ccc(CNC(=O)C(C)(O)c2ccc(F)cc2)cc1. The lowest BCUT2D eigenvalue weighted by atomic mass is 9.95. The van der Waals surface area contributed by atoms with E-state index in [9.17, 15) is 14.3 Å². The molecule has 23 heavy (non-hydrogen) atoms. The number of rotatable bonds is 5. The molecule has 4 N–H and O–H groups in total. The zero-order chi connectivity index (χ0) is 17.0. The van der Waals surface area contributed by atoms with Crippen LogP contribution in [0.1, 0.15) is 36.6 Å². The summed E-state index contributed by atoms with van der Waals surface area (Å²) in [5.74, 6) is -0.959. The van der Waals surface area contributed by atoms with E-state index in [1.54, 1.807) is 0 Å². The number of carbonyl (C=O) groups excluding carboxylic acids is 1. The van der Waals surface area contributed by atoms with Crippen LogP contribution in [0.15, 0.2) is 48.5 Å². The van der Waals surface area contributed by atoms with Crippen LogP contribution in [0.3, 0.4) is 0 Å². The summed E-state index contributed by atoms with van der Waals surface area (Å²) in [5, 5.41) is 13.1. The second-order valence-electron chi connectivity index (χ2n) is 5.79. The molecule has 5 heteroatoms. The first kappa shape index (κ1) is 17.1. The molecule has 2 aromatic rings. The molecule has 4 nitrogen and oxygen atoms in total. The van der Waals surface area contributed by atoms with Crippen molar-refractivity contribution in [3.05, 3.63) is 71.0 Å². The molecule has 2 atom stereocenters. The zero-order valence-corrected chi connectivity index (χ0v) is 13.2. The van der Waals surface area contributed by atoms with Gasteiger partial charge in [0.25, 0.3) is 5.91 Å². The van der Waals surface area contributed by atoms with Gasteiger partial charge in [-0.05, 0) is 42.7 Å². The molecule has 1 amide bonds. The Balaban J connectivity index is 2.02. The maximum atomic E-state index is 12.9. The number of nitrogens with two attached hydrogens (primary N) is 1. The molecule has 0 spiro atoms. The molecule has 0 fully saturated rings. The first-order valence-electron chi connectivity index (χ1n) is 7.42. The fraction of sp³-hybridized carbons (Fsp3) is 0.278. The molecular weight excluding hydrogens is 295 g/mol. The Morgan fingerprint density at radius 3 is 2.30 bits per heavy atom. The third kappa shape index (κ3) is 4.15. The fourth-order valence-electron chi connectivity index (χ4n) is 2.20. The van der Waals surface area contributed by atoms with Crippen molar-refractivity contribution in [3.63, 3.8) is 0 Å². The summed E-state index contributed by atoms with van der Waals surface area (Å²) in [6.45, 7) is 3.57. The Labute approximate surface area is 135 Å². The van der Waals surface area contributed by atoms with Crippen molar-refractivity contribution in [1.82, 2.24) is 5.32 Å². The number of carbonyl (C=O) groups is 1. The molecule has 0 aliphatic carbocycles. The number of hydrogen-bond donors (Lipinski definition) is 3. The predicted octanol–water partition coefficient (Wildman–Crippen LogP) is 2.37. The molecule has 2 aromatic carbocycles. The molecule has 122 valence electrons. The normalized spacial score (nSPS) is 14.8. The minimum absolute atomic E-state index is 0.0437. The van der Waals surface area contributed by atoms with E-state index in [4.69, 9.17) is 5.73 Å². The lowest BCUT2D eigenvalue weighted by Gasteiger charge is -2.23. The Morgan fingerprint density at radius 1 is 1.22 bits per heavy atom. The van der Waals surface area contributed by atoms with E-state index in [-0.39, 0.29) is 12.6 Å². The first-order chi connectivity index (χ1) is 10.8. The molecule has 0 bridgehead atoms. The summed E-state index contributed by atoms with van der Waals surface area (Å²) in [6, 6.07) is 12.7. The summed E-state index contributed by atoms with van der Waals surface area (Å²) in [7, 11) is 0. The van der Waals surface area contributed by atoms with Gasteiger partial charge in [-0.25, -0.2) is 4.39 Å². The largest absolute Gasteiger partial charge is 0.376 e. The minimum Gasteiger partial charge on any atom is -0.376 e. The maximum absolute atomic E-state index is 12.9. The minimum atomic E-state index is -1.72. The van der Waals surface area contributed by atoms with Crippen LogP contribution in [0.25, 0.3) is 0 Å². The van der Waals surface area contributed by atoms with Crippen molar-refractivity contribution in [2.24, 2.45) is 5.73 Å². The van der Waals surface area contributed by atoms with Crippen LogP contribution in [0, 0.1) is 5.82 Å². The highest BCUT2D eigenvalue weighted by Crippen LogP contribution is 2.21. The molecule has 0 saturated heterocycles. The molecule has 0 aliphatic heterocycles. The summed E-state index contributed by atoms with van der Waals surface area (Å²) in [6.07, 6.45) is 0. The Kier molecular flexibility index (Phi) is 5.13. The summed E-state index contributed by atoms with van der Waals surface area (Å²) < 4.78 is 12.9. The third-order valence-electron chi connectivity index (χ3n) is 3.81. The van der Waals surface area contributed by atoms with E-state index in [1.807, 2.05) is 31.2 Å². The van der Waals surface area contributed by atoms with Crippen molar-refractivity contribution >= 4 is 5.91 Å². The topological polar surface area (TPSA) is 75.3 Å². The summed E-state index contributed by atoms with van der Waals surface area (Å²) in [5.41, 5.74) is 6.32. The van der Waals surface area contributed by atoms with E-state index in [1.165, 1.54) is 31.2 Å². The van der Waals surface area contributed by atoms with Crippen molar-refractivity contribution in [2.75, 3.05) is 0 Å². The molecule has 2 unspecified atom stereocenters. The lowest BCUT2D eigenvalue weighted by molar-refractivity contribution is -0.139. The van der Waals surface area contributed by atoms with Crippen LogP contribution in [-0.4, -0.2) is 11.0 Å². The lowest BCUT2D eigenvalue weighted by Crippen LogP contribution is -2.41. The van der Waals surface area contributed by atoms with Crippen molar-refractivity contribution in [3.8, 4) is 0 Å². The molecule has 0 aromatic heterocycles. The highest BCUT2D eigenvalue weighted by Gasteiger charge is 2.32. The van der Waals surface area contributed by atoms with Gasteiger partial charge in [-0.15, -0.1) is 0 Å². The highest BCUT2D eigenvalue weighted by molar-refractivity contribution is 5.85. The van der Waals surface area contributed by atoms with Crippen LogP contribution in [-0.2, 0) is 16.9 Å². The second kappa shape index (κ2) is 6.89. The molecule has 0 aliphatic rings. The van der Waals surface area contributed by atoms with E-state index in [0.29, 0.717) is 5.56 Å². The van der Waals surface area contributed by atoms with Crippen LogP contribution < -0.4 is 11.1 Å². The maximum Gasteiger partial charge on any atom is 0.256 e. The van der Waals surface area contributed by atoms with Gasteiger partial charge in [-0.2, -0.15) is 0 Å². The molecule has 0 heterocycles. The number of nitrogens with one attached hydrogen (secondary N) is 1. The van der Waals surface area contributed by atoms with Gasteiger partial charge >= 0.3 is 0 Å². The second-order valence-corrected chi connectivity index (χ2v) is 5.79. The van der Waals surface area contributed by atoms with E-state index in [0.717, 1.165) is 11.1 Å². The van der Waals surface area contributed by atoms with Crippen LogP contribution in [0.4, 0.5) is 4.39 Å². The molecular formula is C18H21FN2O2. The monoisotopic (exact) mass is 316 g/mol. The van der Waals surface area contributed by atoms with Gasteiger partial charge < -0.3 is 16.2 Å². The number of halogens is 1. The average molecular weight is 316 g/mol. The van der Waals surface area contributed by atoms with Gasteiger partial charge in [0.1, 0.15) is 5.82 Å². The standard InChI is InChI=1S/C18H21FN2O2/c1-12(20)14-5-3-13(4-6-14)11-21-17(22)18(2,23)15-7-9-16(19)10-8-15/h3-10,12,23H,11,20H2,1-2H3,(H,21,22). The van der Waals surface area contributed by atoms with Crippen LogP contribution in [0.2, 0.25) is 0 Å². The Morgan fingerprint density at radius 2 is 1.78 bits per heavy atom. The number of amides is 1. The van der Waals surface area contributed by atoms with Gasteiger partial charge in [0.2, 0.25) is 0 Å². The Bertz CT molecular complexity index is 664. The van der Waals surface area contributed by atoms with Gasteiger partial charge in [0.05, 0.1) is 0 Å². The van der Waals surface area contributed by atoms with Crippen molar-refractivity contribution in [2.45, 2.75) is 32.0 Å². The van der Waals surface area contributed by atoms with Gasteiger partial charge in [-0.3, -0.25) is 4.79 Å². The number of hydrogen-bond acceptors (Lipinski definition) is 3. The van der Waals surface area contributed by atoms with Gasteiger partial charge in [-0.1, -0.05) is 36.4 Å². The zero-order valence-electron chi connectivity index (χ0n) is 13.2. The van der Waals surface area contributed by atoms with E-state index >= 15 is 0 Å².